The summed E-state index contributed by atoms with van der Waals surface area (Å²) in [6.07, 6.45) is 1.36. The lowest BCUT2D eigenvalue weighted by Gasteiger charge is -2.11. The molecule has 0 radical (unpaired) electrons. The number of halogens is 3. The van der Waals surface area contributed by atoms with Gasteiger partial charge in [0.1, 0.15) is 5.82 Å². The first-order chi connectivity index (χ1) is 15.3. The fourth-order valence-electron chi connectivity index (χ4n) is 2.71. The fraction of sp³-hybridized carbons (Fsp3) is 0.0870. The van der Waals surface area contributed by atoms with Crippen molar-refractivity contribution in [2.75, 3.05) is 11.9 Å². The van der Waals surface area contributed by atoms with E-state index in [9.17, 15) is 14.0 Å². The van der Waals surface area contributed by atoms with Gasteiger partial charge < -0.3 is 10.1 Å². The van der Waals surface area contributed by atoms with Gasteiger partial charge in [0.25, 0.3) is 5.91 Å². The number of ether oxygens (including phenoxy) is 1. The molecule has 1 amide bonds. The van der Waals surface area contributed by atoms with Crippen molar-refractivity contribution < 1.29 is 18.7 Å². The number of hydrogen-bond acceptors (Lipinski definition) is 5. The number of amides is 1. The van der Waals surface area contributed by atoms with Gasteiger partial charge in [-0.2, -0.15) is 5.10 Å². The Morgan fingerprint density at radius 2 is 1.88 bits per heavy atom. The number of aryl methyl sites for hydroxylation is 1. The average Bonchev–Trinajstić information content (AvgIpc) is 2.75. The number of benzene rings is 3. The van der Waals surface area contributed by atoms with Crippen molar-refractivity contribution in [3.05, 3.63) is 92.1 Å². The molecule has 3 rings (SSSR count). The number of hydrazone groups is 1. The second-order valence-electron chi connectivity index (χ2n) is 6.67. The first kappa shape index (κ1) is 23.6. The van der Waals surface area contributed by atoms with Crippen LogP contribution in [0.25, 0.3) is 0 Å². The predicted octanol–water partition coefficient (Wildman–Crippen LogP) is 5.44. The van der Waals surface area contributed by atoms with Gasteiger partial charge >= 0.3 is 5.97 Å². The third-order valence-corrected chi connectivity index (χ3v) is 5.32. The van der Waals surface area contributed by atoms with Crippen LogP contribution in [0.15, 0.2) is 74.7 Å². The van der Waals surface area contributed by atoms with Crippen LogP contribution >= 0.6 is 31.9 Å². The molecule has 0 fully saturated rings. The molecule has 2 N–H and O–H groups in total. The summed E-state index contributed by atoms with van der Waals surface area (Å²) in [5.74, 6) is -1.44. The second kappa shape index (κ2) is 11.0. The van der Waals surface area contributed by atoms with Crippen LogP contribution in [-0.4, -0.2) is 24.6 Å². The summed E-state index contributed by atoms with van der Waals surface area (Å²) < 4.78 is 20.1. The number of para-hydroxylation sites is 1. The zero-order chi connectivity index (χ0) is 23.1. The molecule has 6 nitrogen and oxygen atoms in total. The van der Waals surface area contributed by atoms with Crippen LogP contribution in [0, 0.1) is 12.7 Å². The molecule has 0 aliphatic heterocycles. The van der Waals surface area contributed by atoms with E-state index in [2.05, 4.69) is 47.7 Å². The Labute approximate surface area is 201 Å². The molecule has 3 aromatic rings. The van der Waals surface area contributed by atoms with E-state index in [1.54, 1.807) is 12.1 Å². The maximum absolute atomic E-state index is 13.4. The molecule has 0 aliphatic carbocycles. The number of esters is 1. The summed E-state index contributed by atoms with van der Waals surface area (Å²) in [6.45, 7) is 1.97. The molecule has 0 heterocycles. The normalized spacial score (nSPS) is 10.8. The minimum atomic E-state index is -0.728. The number of rotatable bonds is 7. The minimum absolute atomic E-state index is 0.0335. The molecule has 0 aliphatic rings. The number of carbonyl (C=O) groups excluding carboxylic acids is 2. The lowest BCUT2D eigenvalue weighted by atomic mass is 10.2. The summed E-state index contributed by atoms with van der Waals surface area (Å²) in [4.78, 5) is 24.5. The smallest absolute Gasteiger partial charge is 0.343 e. The van der Waals surface area contributed by atoms with E-state index in [1.807, 2.05) is 31.2 Å². The van der Waals surface area contributed by atoms with Crippen LogP contribution in [-0.2, 0) is 4.79 Å². The molecular formula is C23H18Br2FN3O3. The molecule has 0 bridgehead atoms. The minimum Gasteiger partial charge on any atom is -0.421 e. The summed E-state index contributed by atoms with van der Waals surface area (Å²) >= 11 is 6.72. The number of carbonyl (C=O) groups is 2. The van der Waals surface area contributed by atoms with Gasteiger partial charge in [0.2, 0.25) is 0 Å². The topological polar surface area (TPSA) is 79.8 Å². The van der Waals surface area contributed by atoms with Crippen molar-refractivity contribution in [3.63, 3.8) is 0 Å². The van der Waals surface area contributed by atoms with Gasteiger partial charge in [-0.25, -0.2) is 14.6 Å². The Morgan fingerprint density at radius 1 is 1.09 bits per heavy atom. The summed E-state index contributed by atoms with van der Waals surface area (Å²) in [6, 6.07) is 16.2. The summed E-state index contributed by atoms with van der Waals surface area (Å²) in [5, 5.41) is 6.99. The summed E-state index contributed by atoms with van der Waals surface area (Å²) in [5.41, 5.74) is 4.79. The second-order valence-corrected chi connectivity index (χ2v) is 8.44. The van der Waals surface area contributed by atoms with Crippen molar-refractivity contribution in [3.8, 4) is 5.75 Å². The number of hydrogen-bond donors (Lipinski definition) is 2. The highest BCUT2D eigenvalue weighted by Crippen LogP contribution is 2.32. The molecule has 0 saturated carbocycles. The molecular weight excluding hydrogens is 545 g/mol. The van der Waals surface area contributed by atoms with Gasteiger partial charge in [0.15, 0.2) is 5.75 Å². The largest absolute Gasteiger partial charge is 0.421 e. The molecule has 0 unspecified atom stereocenters. The monoisotopic (exact) mass is 561 g/mol. The molecule has 3 aromatic carbocycles. The zero-order valence-corrected chi connectivity index (χ0v) is 20.0. The third-order valence-electron chi connectivity index (χ3n) is 4.27. The maximum atomic E-state index is 13.4. The average molecular weight is 563 g/mol. The number of nitrogens with zero attached hydrogens (tertiary/aromatic N) is 1. The Bertz CT molecular complexity index is 1180. The standard InChI is InChI=1S/C23H18Br2FN3O3/c1-14-5-2-3-8-20(14)27-13-21(30)29-28-12-16-9-17(24)11-19(25)22(16)32-23(31)15-6-4-7-18(26)10-15/h2-12,27H,13H2,1H3,(H,29,30)/b28-12+. The van der Waals surface area contributed by atoms with E-state index in [4.69, 9.17) is 4.74 Å². The van der Waals surface area contributed by atoms with E-state index in [0.717, 1.165) is 17.3 Å². The van der Waals surface area contributed by atoms with Crippen LogP contribution in [0.1, 0.15) is 21.5 Å². The molecule has 164 valence electrons. The van der Waals surface area contributed by atoms with Gasteiger partial charge in [-0.3, -0.25) is 4.79 Å². The van der Waals surface area contributed by atoms with Gasteiger partial charge in [-0.1, -0.05) is 40.2 Å². The van der Waals surface area contributed by atoms with E-state index < -0.39 is 11.8 Å². The van der Waals surface area contributed by atoms with Crippen molar-refractivity contribution in [2.24, 2.45) is 5.10 Å². The SMILES string of the molecule is Cc1ccccc1NCC(=O)N/N=C/c1cc(Br)cc(Br)c1OC(=O)c1cccc(F)c1. The Hall–Kier alpha value is -3.04. The molecule has 0 atom stereocenters. The first-order valence-electron chi connectivity index (χ1n) is 9.41. The van der Waals surface area contributed by atoms with Gasteiger partial charge in [0.05, 0.1) is 22.8 Å². The van der Waals surface area contributed by atoms with E-state index in [-0.39, 0.29) is 23.8 Å². The van der Waals surface area contributed by atoms with Gasteiger partial charge in [0, 0.05) is 15.7 Å². The van der Waals surface area contributed by atoms with Crippen molar-refractivity contribution in [1.29, 1.82) is 0 Å². The van der Waals surface area contributed by atoms with Crippen molar-refractivity contribution >= 4 is 55.6 Å². The highest BCUT2D eigenvalue weighted by atomic mass is 79.9. The molecule has 0 spiro atoms. The number of anilines is 1. The lowest BCUT2D eigenvalue weighted by Crippen LogP contribution is -2.26. The Kier molecular flexibility index (Phi) is 8.13. The Morgan fingerprint density at radius 3 is 2.62 bits per heavy atom. The van der Waals surface area contributed by atoms with E-state index in [1.165, 1.54) is 24.4 Å². The van der Waals surface area contributed by atoms with Crippen LogP contribution < -0.4 is 15.5 Å². The number of nitrogens with one attached hydrogen (secondary N) is 2. The molecule has 32 heavy (non-hydrogen) atoms. The van der Waals surface area contributed by atoms with Gasteiger partial charge in [-0.05, 0) is 64.8 Å². The van der Waals surface area contributed by atoms with E-state index in [0.29, 0.717) is 14.5 Å². The molecule has 0 aromatic heterocycles. The maximum Gasteiger partial charge on any atom is 0.343 e. The van der Waals surface area contributed by atoms with Gasteiger partial charge in [-0.15, -0.1) is 0 Å². The van der Waals surface area contributed by atoms with Crippen LogP contribution in [0.5, 0.6) is 5.75 Å². The highest BCUT2D eigenvalue weighted by Gasteiger charge is 2.16. The molecule has 0 saturated heterocycles. The third kappa shape index (κ3) is 6.48. The van der Waals surface area contributed by atoms with Crippen LogP contribution in [0.3, 0.4) is 0 Å². The van der Waals surface area contributed by atoms with E-state index >= 15 is 0 Å². The zero-order valence-electron chi connectivity index (χ0n) is 16.9. The van der Waals surface area contributed by atoms with Crippen molar-refractivity contribution in [2.45, 2.75) is 6.92 Å². The first-order valence-corrected chi connectivity index (χ1v) is 11.0. The van der Waals surface area contributed by atoms with Crippen LogP contribution in [0.4, 0.5) is 10.1 Å². The fourth-order valence-corrected chi connectivity index (χ4v) is 4.05. The predicted molar refractivity (Wildman–Crippen MR) is 129 cm³/mol. The van der Waals surface area contributed by atoms with Crippen molar-refractivity contribution in [1.82, 2.24) is 5.43 Å². The Balaban J connectivity index is 1.69. The molecule has 9 heteroatoms. The highest BCUT2D eigenvalue weighted by molar-refractivity contribution is 9.11. The quantitative estimate of drug-likeness (QED) is 0.174. The lowest BCUT2D eigenvalue weighted by molar-refractivity contribution is -0.119. The summed E-state index contributed by atoms with van der Waals surface area (Å²) in [7, 11) is 0. The van der Waals surface area contributed by atoms with Crippen LogP contribution in [0.2, 0.25) is 0 Å².